The predicted molar refractivity (Wildman–Crippen MR) is 114 cm³/mol. The molecular weight excluding hydrogens is 328 g/mol. The fraction of sp³-hybridized carbons (Fsp3) is 0.120. The van der Waals surface area contributed by atoms with Crippen molar-refractivity contribution in [2.45, 2.75) is 12.0 Å². The van der Waals surface area contributed by atoms with Gasteiger partial charge in [-0.15, -0.1) is 0 Å². The highest BCUT2D eigenvalue weighted by Crippen LogP contribution is 2.49. The van der Waals surface area contributed by atoms with Crippen LogP contribution in [0, 0.1) is 0 Å². The number of aromatic nitrogens is 1. The van der Waals surface area contributed by atoms with E-state index >= 15 is 0 Å². The minimum Gasteiger partial charge on any atom is -0.344 e. The first-order valence-electron chi connectivity index (χ1n) is 9.53. The number of hydrogen-bond donors (Lipinski definition) is 0. The Morgan fingerprint density at radius 3 is 2.41 bits per heavy atom. The van der Waals surface area contributed by atoms with Crippen LogP contribution in [-0.2, 0) is 7.05 Å². The monoisotopic (exact) mass is 348 g/mol. The first-order chi connectivity index (χ1) is 13.3. The Morgan fingerprint density at radius 1 is 0.741 bits per heavy atom. The smallest absolute Gasteiger partial charge is 0.0629 e. The molecule has 4 aromatic rings. The van der Waals surface area contributed by atoms with Crippen molar-refractivity contribution in [1.29, 1.82) is 0 Å². The summed E-state index contributed by atoms with van der Waals surface area (Å²) in [4.78, 5) is 2.50. The number of aryl methyl sites for hydroxylation is 1. The summed E-state index contributed by atoms with van der Waals surface area (Å²) in [5.74, 6) is 0.396. The molecule has 130 valence electrons. The van der Waals surface area contributed by atoms with Crippen molar-refractivity contribution in [1.82, 2.24) is 4.57 Å². The van der Waals surface area contributed by atoms with Crippen LogP contribution >= 0.6 is 0 Å². The minimum absolute atomic E-state index is 0.343. The van der Waals surface area contributed by atoms with E-state index in [-0.39, 0.29) is 0 Å². The first-order valence-corrected chi connectivity index (χ1v) is 9.53. The van der Waals surface area contributed by atoms with Gasteiger partial charge in [-0.2, -0.15) is 0 Å². The molecular formula is C25H20N2. The summed E-state index contributed by atoms with van der Waals surface area (Å²) in [5.41, 5.74) is 6.61. The third-order valence-corrected chi connectivity index (χ3v) is 6.12. The zero-order valence-corrected chi connectivity index (χ0v) is 15.2. The molecule has 0 bridgehead atoms. The predicted octanol–water partition coefficient (Wildman–Crippen LogP) is 6.06. The van der Waals surface area contributed by atoms with Gasteiger partial charge in [0, 0.05) is 46.1 Å². The molecule has 2 heterocycles. The second-order valence-electron chi connectivity index (χ2n) is 7.50. The average molecular weight is 348 g/mol. The fourth-order valence-electron chi connectivity index (χ4n) is 4.88. The van der Waals surface area contributed by atoms with Crippen LogP contribution in [0.3, 0.4) is 0 Å². The molecule has 2 atom stereocenters. The maximum absolute atomic E-state index is 2.50. The number of anilines is 2. The van der Waals surface area contributed by atoms with Crippen LogP contribution in [0.25, 0.3) is 21.8 Å². The maximum Gasteiger partial charge on any atom is 0.0629 e. The standard InChI is InChI=1S/C25H20N2/c1-26-22-13-7-5-11-18(22)20-16-25-21(15-24(20)26)19-12-6-8-14-23(19)27(25)17-9-3-2-4-10-17/h2-16,19,23H,1H3. The van der Waals surface area contributed by atoms with Gasteiger partial charge in [-0.1, -0.05) is 60.7 Å². The highest BCUT2D eigenvalue weighted by Gasteiger charge is 2.37. The Labute approximate surface area is 158 Å². The number of hydrogen-bond acceptors (Lipinski definition) is 1. The Morgan fingerprint density at radius 2 is 1.52 bits per heavy atom. The molecule has 3 aromatic carbocycles. The molecule has 1 aliphatic carbocycles. The quantitative estimate of drug-likeness (QED) is 0.406. The van der Waals surface area contributed by atoms with Crippen LogP contribution in [0.5, 0.6) is 0 Å². The molecule has 1 aromatic heterocycles. The third kappa shape index (κ3) is 1.95. The first kappa shape index (κ1) is 14.9. The van der Waals surface area contributed by atoms with Gasteiger partial charge in [-0.3, -0.25) is 0 Å². The number of benzene rings is 3. The topological polar surface area (TPSA) is 8.17 Å². The normalized spacial score (nSPS) is 20.4. The van der Waals surface area contributed by atoms with E-state index in [1.165, 1.54) is 38.7 Å². The molecule has 2 nitrogen and oxygen atoms in total. The van der Waals surface area contributed by atoms with E-state index in [9.17, 15) is 0 Å². The van der Waals surface area contributed by atoms with Gasteiger partial charge < -0.3 is 9.47 Å². The van der Waals surface area contributed by atoms with Crippen molar-refractivity contribution in [3.63, 3.8) is 0 Å². The molecule has 0 saturated heterocycles. The van der Waals surface area contributed by atoms with Gasteiger partial charge in [-0.25, -0.2) is 0 Å². The van der Waals surface area contributed by atoms with Crippen molar-refractivity contribution >= 4 is 33.2 Å². The van der Waals surface area contributed by atoms with Crippen LogP contribution in [0.15, 0.2) is 91.0 Å². The second kappa shape index (κ2) is 5.37. The molecule has 0 fully saturated rings. The van der Waals surface area contributed by atoms with E-state index in [4.69, 9.17) is 0 Å². The lowest BCUT2D eigenvalue weighted by atomic mass is 9.91. The molecule has 0 amide bonds. The molecule has 2 unspecified atom stereocenters. The Bertz CT molecular complexity index is 1240. The number of fused-ring (bicyclic) bond motifs is 6. The third-order valence-electron chi connectivity index (χ3n) is 6.12. The summed E-state index contributed by atoms with van der Waals surface area (Å²) in [6, 6.07) is 24.6. The summed E-state index contributed by atoms with van der Waals surface area (Å²) in [7, 11) is 2.18. The molecule has 2 heteroatoms. The lowest BCUT2D eigenvalue weighted by molar-refractivity contribution is 0.745. The number of para-hydroxylation sites is 2. The number of allylic oxidation sites excluding steroid dienone is 2. The maximum atomic E-state index is 2.50. The number of rotatable bonds is 1. The zero-order valence-electron chi connectivity index (χ0n) is 15.2. The van der Waals surface area contributed by atoms with Gasteiger partial charge in [0.05, 0.1) is 6.04 Å². The molecule has 0 spiro atoms. The Hall–Kier alpha value is -3.26. The molecule has 1 aliphatic heterocycles. The van der Waals surface area contributed by atoms with Crippen LogP contribution in [0.2, 0.25) is 0 Å². The number of nitrogens with zero attached hydrogens (tertiary/aromatic N) is 2. The molecule has 0 saturated carbocycles. The van der Waals surface area contributed by atoms with Gasteiger partial charge in [0.2, 0.25) is 0 Å². The fourth-order valence-corrected chi connectivity index (χ4v) is 4.88. The summed E-state index contributed by atoms with van der Waals surface area (Å²) in [6.45, 7) is 0. The second-order valence-corrected chi connectivity index (χ2v) is 7.50. The SMILES string of the molecule is Cn1c2ccccc2c2cc3c(cc21)C1C=CC=CC1N3c1ccccc1. The highest BCUT2D eigenvalue weighted by molar-refractivity contribution is 6.10. The van der Waals surface area contributed by atoms with Gasteiger partial charge in [0.15, 0.2) is 0 Å². The van der Waals surface area contributed by atoms with Crippen molar-refractivity contribution in [3.05, 3.63) is 96.6 Å². The van der Waals surface area contributed by atoms with E-state index in [1.807, 2.05) is 0 Å². The van der Waals surface area contributed by atoms with Gasteiger partial charge in [-0.05, 0) is 35.9 Å². The average Bonchev–Trinajstić information content (AvgIpc) is 3.20. The Balaban J connectivity index is 1.69. The van der Waals surface area contributed by atoms with Crippen LogP contribution in [-0.4, -0.2) is 10.6 Å². The Kier molecular flexibility index (Phi) is 2.96. The molecule has 27 heavy (non-hydrogen) atoms. The van der Waals surface area contributed by atoms with Gasteiger partial charge >= 0.3 is 0 Å². The summed E-state index contributed by atoms with van der Waals surface area (Å²) < 4.78 is 2.33. The molecule has 0 radical (unpaired) electrons. The lowest BCUT2D eigenvalue weighted by Gasteiger charge is -2.28. The summed E-state index contributed by atoms with van der Waals surface area (Å²) in [5, 5.41) is 2.66. The van der Waals surface area contributed by atoms with E-state index in [2.05, 4.69) is 108 Å². The summed E-state index contributed by atoms with van der Waals surface area (Å²) in [6.07, 6.45) is 9.05. The van der Waals surface area contributed by atoms with E-state index < -0.39 is 0 Å². The van der Waals surface area contributed by atoms with Crippen molar-refractivity contribution in [3.8, 4) is 0 Å². The molecule has 6 rings (SSSR count). The van der Waals surface area contributed by atoms with E-state index in [0.29, 0.717) is 12.0 Å². The molecule has 0 N–H and O–H groups in total. The van der Waals surface area contributed by atoms with Crippen molar-refractivity contribution < 1.29 is 0 Å². The zero-order chi connectivity index (χ0) is 18.0. The van der Waals surface area contributed by atoms with Gasteiger partial charge in [0.1, 0.15) is 0 Å². The van der Waals surface area contributed by atoms with Crippen molar-refractivity contribution in [2.24, 2.45) is 7.05 Å². The van der Waals surface area contributed by atoms with Crippen LogP contribution in [0.4, 0.5) is 11.4 Å². The van der Waals surface area contributed by atoms with Crippen LogP contribution < -0.4 is 4.90 Å². The summed E-state index contributed by atoms with van der Waals surface area (Å²) >= 11 is 0. The van der Waals surface area contributed by atoms with E-state index in [0.717, 1.165) is 0 Å². The van der Waals surface area contributed by atoms with Gasteiger partial charge in [0.25, 0.3) is 0 Å². The lowest BCUT2D eigenvalue weighted by Crippen LogP contribution is -2.28. The van der Waals surface area contributed by atoms with E-state index in [1.54, 1.807) is 0 Å². The van der Waals surface area contributed by atoms with Crippen LogP contribution in [0.1, 0.15) is 11.5 Å². The minimum atomic E-state index is 0.343. The molecule has 2 aliphatic rings. The highest BCUT2D eigenvalue weighted by atomic mass is 15.2. The largest absolute Gasteiger partial charge is 0.344 e. The van der Waals surface area contributed by atoms with Crippen molar-refractivity contribution in [2.75, 3.05) is 4.90 Å².